The minimum absolute atomic E-state index is 0.363. The molecule has 0 bridgehead atoms. The fourth-order valence-electron chi connectivity index (χ4n) is 1.59. The zero-order valence-electron chi connectivity index (χ0n) is 9.83. The standard InChI is InChI=1S/C12H15N3O2/c1-3-7(2)13-8-4-5-9-10(6-8)15-12(17)11(16)14-9/h4-7,13H,3H2,1-2H3,(H,14,16)(H,15,17). The van der Waals surface area contributed by atoms with E-state index in [1.165, 1.54) is 0 Å². The molecular weight excluding hydrogens is 218 g/mol. The fourth-order valence-corrected chi connectivity index (χ4v) is 1.59. The van der Waals surface area contributed by atoms with E-state index in [2.05, 4.69) is 29.1 Å². The van der Waals surface area contributed by atoms with Crippen molar-refractivity contribution in [3.05, 3.63) is 38.9 Å². The third kappa shape index (κ3) is 2.38. The first-order valence-electron chi connectivity index (χ1n) is 5.63. The fraction of sp³-hybridized carbons (Fsp3) is 0.333. The molecule has 0 aliphatic carbocycles. The van der Waals surface area contributed by atoms with Gasteiger partial charge in [0.2, 0.25) is 0 Å². The molecule has 0 fully saturated rings. The van der Waals surface area contributed by atoms with Gasteiger partial charge in [0.25, 0.3) is 0 Å². The van der Waals surface area contributed by atoms with E-state index in [0.29, 0.717) is 17.1 Å². The largest absolute Gasteiger partial charge is 0.383 e. The maximum atomic E-state index is 11.2. The lowest BCUT2D eigenvalue weighted by molar-refractivity contribution is 0.764. The van der Waals surface area contributed by atoms with Crippen molar-refractivity contribution < 1.29 is 0 Å². The molecule has 0 aliphatic rings. The lowest BCUT2D eigenvalue weighted by Gasteiger charge is -2.13. The minimum atomic E-state index is -0.627. The zero-order chi connectivity index (χ0) is 12.4. The maximum Gasteiger partial charge on any atom is 0.314 e. The number of aromatic amines is 2. The molecule has 2 rings (SSSR count). The van der Waals surface area contributed by atoms with Crippen molar-refractivity contribution in [3.63, 3.8) is 0 Å². The van der Waals surface area contributed by atoms with Gasteiger partial charge in [-0.2, -0.15) is 0 Å². The zero-order valence-corrected chi connectivity index (χ0v) is 9.83. The van der Waals surface area contributed by atoms with E-state index in [1.54, 1.807) is 6.07 Å². The summed E-state index contributed by atoms with van der Waals surface area (Å²) in [6, 6.07) is 5.83. The van der Waals surface area contributed by atoms with Crippen molar-refractivity contribution in [2.45, 2.75) is 26.3 Å². The Labute approximate surface area is 97.9 Å². The van der Waals surface area contributed by atoms with Gasteiger partial charge >= 0.3 is 11.1 Å². The number of fused-ring (bicyclic) bond motifs is 1. The second-order valence-electron chi connectivity index (χ2n) is 4.12. The Morgan fingerprint density at radius 1 is 1.18 bits per heavy atom. The predicted molar refractivity (Wildman–Crippen MR) is 68.6 cm³/mol. The average Bonchev–Trinajstić information content (AvgIpc) is 2.31. The van der Waals surface area contributed by atoms with Crippen LogP contribution in [0.4, 0.5) is 5.69 Å². The van der Waals surface area contributed by atoms with Crippen LogP contribution in [0.5, 0.6) is 0 Å². The summed E-state index contributed by atoms with van der Waals surface area (Å²) in [6.45, 7) is 4.18. The van der Waals surface area contributed by atoms with Gasteiger partial charge in [-0.1, -0.05) is 6.92 Å². The van der Waals surface area contributed by atoms with Crippen molar-refractivity contribution in [1.82, 2.24) is 9.97 Å². The van der Waals surface area contributed by atoms with E-state index in [1.807, 2.05) is 12.1 Å². The molecule has 5 heteroatoms. The Morgan fingerprint density at radius 3 is 2.47 bits per heavy atom. The van der Waals surface area contributed by atoms with Crippen LogP contribution in [0, 0.1) is 0 Å². The summed E-state index contributed by atoms with van der Waals surface area (Å²) < 4.78 is 0. The monoisotopic (exact) mass is 233 g/mol. The molecular formula is C12H15N3O2. The lowest BCUT2D eigenvalue weighted by atomic mass is 10.2. The second kappa shape index (κ2) is 4.45. The molecule has 0 amide bonds. The van der Waals surface area contributed by atoms with Crippen LogP contribution in [0.1, 0.15) is 20.3 Å². The topological polar surface area (TPSA) is 77.8 Å². The van der Waals surface area contributed by atoms with Crippen LogP contribution in [0.3, 0.4) is 0 Å². The summed E-state index contributed by atoms with van der Waals surface area (Å²) in [7, 11) is 0. The molecule has 0 aliphatic heterocycles. The molecule has 0 saturated carbocycles. The van der Waals surface area contributed by atoms with E-state index in [9.17, 15) is 9.59 Å². The third-order valence-corrected chi connectivity index (χ3v) is 2.75. The van der Waals surface area contributed by atoms with Gasteiger partial charge in [0.15, 0.2) is 0 Å². The number of anilines is 1. The number of hydrogen-bond acceptors (Lipinski definition) is 3. The van der Waals surface area contributed by atoms with Gasteiger partial charge in [-0.15, -0.1) is 0 Å². The molecule has 5 nitrogen and oxygen atoms in total. The van der Waals surface area contributed by atoms with E-state index in [-0.39, 0.29) is 0 Å². The summed E-state index contributed by atoms with van der Waals surface area (Å²) in [5.41, 5.74) is 0.931. The van der Waals surface area contributed by atoms with Crippen molar-refractivity contribution in [2.24, 2.45) is 0 Å². The van der Waals surface area contributed by atoms with Crippen molar-refractivity contribution >= 4 is 16.7 Å². The van der Waals surface area contributed by atoms with Crippen molar-refractivity contribution in [3.8, 4) is 0 Å². The number of nitrogens with one attached hydrogen (secondary N) is 3. The molecule has 0 spiro atoms. The van der Waals surface area contributed by atoms with Crippen LogP contribution < -0.4 is 16.4 Å². The number of H-pyrrole nitrogens is 2. The van der Waals surface area contributed by atoms with Crippen molar-refractivity contribution in [2.75, 3.05) is 5.32 Å². The normalized spacial score (nSPS) is 12.6. The van der Waals surface area contributed by atoms with Crippen LogP contribution in [-0.2, 0) is 0 Å². The summed E-state index contributed by atoms with van der Waals surface area (Å²) >= 11 is 0. The second-order valence-corrected chi connectivity index (χ2v) is 4.12. The van der Waals surface area contributed by atoms with E-state index in [0.717, 1.165) is 12.1 Å². The lowest BCUT2D eigenvalue weighted by Crippen LogP contribution is -2.28. The average molecular weight is 233 g/mol. The number of aromatic nitrogens is 2. The first-order chi connectivity index (χ1) is 8.10. The Kier molecular flexibility index (Phi) is 2.99. The molecule has 1 unspecified atom stereocenters. The van der Waals surface area contributed by atoms with Crippen LogP contribution >= 0.6 is 0 Å². The highest BCUT2D eigenvalue weighted by Crippen LogP contribution is 2.15. The van der Waals surface area contributed by atoms with E-state index >= 15 is 0 Å². The van der Waals surface area contributed by atoms with Gasteiger partial charge in [-0.25, -0.2) is 0 Å². The SMILES string of the molecule is CCC(C)Nc1ccc2[nH]c(=O)c(=O)[nH]c2c1. The quantitative estimate of drug-likeness (QED) is 0.702. The molecule has 1 aromatic heterocycles. The smallest absolute Gasteiger partial charge is 0.314 e. The van der Waals surface area contributed by atoms with Gasteiger partial charge in [0.1, 0.15) is 0 Å². The maximum absolute atomic E-state index is 11.2. The number of rotatable bonds is 3. The molecule has 1 heterocycles. The van der Waals surface area contributed by atoms with E-state index in [4.69, 9.17) is 0 Å². The molecule has 0 radical (unpaired) electrons. The summed E-state index contributed by atoms with van der Waals surface area (Å²) in [6.07, 6.45) is 1.01. The Balaban J connectivity index is 2.47. The molecule has 90 valence electrons. The van der Waals surface area contributed by atoms with Gasteiger partial charge in [0, 0.05) is 11.7 Å². The highest BCUT2D eigenvalue weighted by atomic mass is 16.2. The Bertz CT molecular complexity index is 642. The minimum Gasteiger partial charge on any atom is -0.383 e. The first kappa shape index (κ1) is 11.4. The predicted octanol–water partition coefficient (Wildman–Crippen LogP) is 1.43. The Hall–Kier alpha value is -2.04. The Morgan fingerprint density at radius 2 is 1.82 bits per heavy atom. The van der Waals surface area contributed by atoms with Crippen LogP contribution in [0.15, 0.2) is 27.8 Å². The highest BCUT2D eigenvalue weighted by Gasteiger charge is 2.02. The van der Waals surface area contributed by atoms with Gasteiger partial charge in [-0.05, 0) is 31.5 Å². The third-order valence-electron chi connectivity index (χ3n) is 2.75. The summed E-state index contributed by atoms with van der Waals surface area (Å²) in [5.74, 6) is 0. The molecule has 0 saturated heterocycles. The first-order valence-corrected chi connectivity index (χ1v) is 5.63. The molecule has 2 aromatic rings. The van der Waals surface area contributed by atoms with Gasteiger partial charge in [-0.3, -0.25) is 9.59 Å². The summed E-state index contributed by atoms with van der Waals surface area (Å²) in [5, 5.41) is 3.30. The molecule has 17 heavy (non-hydrogen) atoms. The molecule has 1 aromatic carbocycles. The van der Waals surface area contributed by atoms with Crippen LogP contribution in [-0.4, -0.2) is 16.0 Å². The molecule has 1 atom stereocenters. The van der Waals surface area contributed by atoms with Crippen LogP contribution in [0.2, 0.25) is 0 Å². The summed E-state index contributed by atoms with van der Waals surface area (Å²) in [4.78, 5) is 27.4. The van der Waals surface area contributed by atoms with Crippen molar-refractivity contribution in [1.29, 1.82) is 0 Å². The molecule has 3 N–H and O–H groups in total. The highest BCUT2D eigenvalue weighted by molar-refractivity contribution is 5.78. The number of hydrogen-bond donors (Lipinski definition) is 3. The van der Waals surface area contributed by atoms with Crippen LogP contribution in [0.25, 0.3) is 11.0 Å². The van der Waals surface area contributed by atoms with Gasteiger partial charge in [0.05, 0.1) is 11.0 Å². The number of benzene rings is 1. The van der Waals surface area contributed by atoms with Gasteiger partial charge < -0.3 is 15.3 Å². The van der Waals surface area contributed by atoms with E-state index < -0.39 is 11.1 Å².